The van der Waals surface area contributed by atoms with Gasteiger partial charge in [-0.05, 0) is 61.9 Å². The van der Waals surface area contributed by atoms with Crippen molar-refractivity contribution in [2.75, 3.05) is 19.6 Å². The number of hydrogen-bond acceptors (Lipinski definition) is 6. The fourth-order valence-electron chi connectivity index (χ4n) is 4.79. The number of aryl methyl sites for hydroxylation is 1. The van der Waals surface area contributed by atoms with Crippen LogP contribution < -0.4 is 5.32 Å². The molecule has 146 valence electrons. The average molecular weight is 395 g/mol. The van der Waals surface area contributed by atoms with Gasteiger partial charge in [-0.1, -0.05) is 6.07 Å². The Morgan fingerprint density at radius 2 is 2.25 bits per heavy atom. The number of rotatable bonds is 6. The highest BCUT2D eigenvalue weighted by Crippen LogP contribution is 2.41. The van der Waals surface area contributed by atoms with Gasteiger partial charge in [-0.2, -0.15) is 0 Å². The molecule has 1 N–H and O–H groups in total. The quantitative estimate of drug-likeness (QED) is 0.683. The van der Waals surface area contributed by atoms with Crippen molar-refractivity contribution in [3.8, 4) is 10.6 Å². The van der Waals surface area contributed by atoms with Gasteiger partial charge in [0.05, 0.1) is 23.4 Å². The molecule has 3 saturated heterocycles. The molecule has 3 aliphatic heterocycles. The van der Waals surface area contributed by atoms with Gasteiger partial charge in [-0.25, -0.2) is 9.97 Å². The minimum Gasteiger partial charge on any atom is -0.468 e. The van der Waals surface area contributed by atoms with Crippen LogP contribution in [-0.4, -0.2) is 40.5 Å². The molecule has 6 heteroatoms. The van der Waals surface area contributed by atoms with E-state index in [0.29, 0.717) is 17.9 Å². The predicted octanol–water partition coefficient (Wildman–Crippen LogP) is 4.07. The lowest BCUT2D eigenvalue weighted by molar-refractivity contribution is 0.0290. The number of hydrogen-bond donors (Lipinski definition) is 1. The number of nitrogens with one attached hydrogen (secondary N) is 1. The van der Waals surface area contributed by atoms with Crippen LogP contribution in [-0.2, 0) is 6.54 Å². The average Bonchev–Trinajstić information content (AvgIpc) is 3.42. The van der Waals surface area contributed by atoms with E-state index in [0.717, 1.165) is 36.9 Å². The number of fused-ring (bicyclic) bond motifs is 3. The number of aromatic nitrogens is 2. The highest BCUT2D eigenvalue weighted by atomic mass is 32.1. The Morgan fingerprint density at radius 1 is 1.29 bits per heavy atom. The molecule has 0 aliphatic carbocycles. The minimum absolute atomic E-state index is 0.524. The summed E-state index contributed by atoms with van der Waals surface area (Å²) in [6, 6.07) is 11.1. The molecule has 4 atom stereocenters. The van der Waals surface area contributed by atoms with Crippen LogP contribution in [0.1, 0.15) is 36.0 Å². The number of furan rings is 1. The number of thiophene rings is 1. The van der Waals surface area contributed by atoms with E-state index in [9.17, 15) is 0 Å². The normalized spacial score (nSPS) is 26.6. The molecule has 3 aliphatic rings. The summed E-state index contributed by atoms with van der Waals surface area (Å²) in [7, 11) is 0. The molecule has 28 heavy (non-hydrogen) atoms. The standard InChI is InChI=1S/C22H26N4OS/c1-15-24-20(11-21(25-15)22-5-3-9-28-22)19-14-26-7-6-16(19)10-17(26)12-23-13-18-4-2-8-27-18/h2-5,8-9,11,16-17,19,23H,6-7,10,12-14H2,1H3. The zero-order valence-electron chi connectivity index (χ0n) is 16.2. The maximum Gasteiger partial charge on any atom is 0.126 e. The number of nitrogens with zero attached hydrogens (tertiary/aromatic N) is 3. The summed E-state index contributed by atoms with van der Waals surface area (Å²) in [5.41, 5.74) is 2.30. The molecule has 0 amide bonds. The zero-order chi connectivity index (χ0) is 18.9. The van der Waals surface area contributed by atoms with Crippen LogP contribution in [0.2, 0.25) is 0 Å². The fourth-order valence-corrected chi connectivity index (χ4v) is 5.48. The van der Waals surface area contributed by atoms with Crippen LogP contribution in [0.3, 0.4) is 0 Å². The van der Waals surface area contributed by atoms with E-state index in [-0.39, 0.29) is 0 Å². The third kappa shape index (κ3) is 3.64. The van der Waals surface area contributed by atoms with Gasteiger partial charge in [0.2, 0.25) is 0 Å². The predicted molar refractivity (Wildman–Crippen MR) is 111 cm³/mol. The zero-order valence-corrected chi connectivity index (χ0v) is 17.0. The van der Waals surface area contributed by atoms with Crippen molar-refractivity contribution in [1.82, 2.24) is 20.2 Å². The Bertz CT molecular complexity index is 909. The largest absolute Gasteiger partial charge is 0.468 e. The topological polar surface area (TPSA) is 54.2 Å². The summed E-state index contributed by atoms with van der Waals surface area (Å²) in [4.78, 5) is 13.4. The lowest BCUT2D eigenvalue weighted by atomic mass is 9.74. The van der Waals surface area contributed by atoms with Crippen LogP contribution in [0.15, 0.2) is 46.4 Å². The van der Waals surface area contributed by atoms with Crippen molar-refractivity contribution in [3.05, 3.63) is 59.3 Å². The second kappa shape index (κ2) is 7.78. The van der Waals surface area contributed by atoms with Crippen LogP contribution in [0.25, 0.3) is 10.6 Å². The molecule has 3 aromatic heterocycles. The third-order valence-electron chi connectivity index (χ3n) is 6.15. The van der Waals surface area contributed by atoms with Gasteiger partial charge in [0, 0.05) is 30.7 Å². The first-order valence-corrected chi connectivity index (χ1v) is 11.0. The van der Waals surface area contributed by atoms with Crippen molar-refractivity contribution in [2.45, 2.75) is 38.3 Å². The number of piperidine rings is 3. The first-order valence-electron chi connectivity index (χ1n) is 10.1. The molecule has 3 aromatic rings. The van der Waals surface area contributed by atoms with E-state index in [2.05, 4.69) is 38.8 Å². The second-order valence-corrected chi connectivity index (χ2v) is 8.90. The molecular weight excluding hydrogens is 368 g/mol. The van der Waals surface area contributed by atoms with E-state index in [1.54, 1.807) is 17.6 Å². The molecular formula is C22H26N4OS. The van der Waals surface area contributed by atoms with Gasteiger partial charge >= 0.3 is 0 Å². The summed E-state index contributed by atoms with van der Waals surface area (Å²) in [5.74, 6) is 3.13. The van der Waals surface area contributed by atoms with Crippen LogP contribution in [0.5, 0.6) is 0 Å². The lowest BCUT2D eigenvalue weighted by Crippen LogP contribution is -2.55. The third-order valence-corrected chi connectivity index (χ3v) is 7.04. The SMILES string of the molecule is Cc1nc(-c2cccs2)cc(C2CN3CCC2CC3CNCc2ccco2)n1. The lowest BCUT2D eigenvalue weighted by Gasteiger charge is -2.49. The van der Waals surface area contributed by atoms with E-state index in [1.807, 2.05) is 19.1 Å². The van der Waals surface area contributed by atoms with Gasteiger partial charge < -0.3 is 9.73 Å². The molecule has 0 spiro atoms. The Morgan fingerprint density at radius 3 is 3.00 bits per heavy atom. The summed E-state index contributed by atoms with van der Waals surface area (Å²) in [6.45, 7) is 6.16. The van der Waals surface area contributed by atoms with Gasteiger partial charge in [-0.3, -0.25) is 4.90 Å². The van der Waals surface area contributed by atoms with Crippen LogP contribution >= 0.6 is 11.3 Å². The highest BCUT2D eigenvalue weighted by Gasteiger charge is 2.41. The second-order valence-electron chi connectivity index (χ2n) is 7.95. The summed E-state index contributed by atoms with van der Waals surface area (Å²) in [5, 5.41) is 5.69. The monoisotopic (exact) mass is 394 g/mol. The van der Waals surface area contributed by atoms with Gasteiger partial charge in [0.1, 0.15) is 11.6 Å². The van der Waals surface area contributed by atoms with Gasteiger partial charge in [-0.15, -0.1) is 11.3 Å². The Kier molecular flexibility index (Phi) is 5.01. The fraction of sp³-hybridized carbons (Fsp3) is 0.455. The van der Waals surface area contributed by atoms with Gasteiger partial charge in [0.15, 0.2) is 0 Å². The first-order chi connectivity index (χ1) is 13.8. The molecule has 4 unspecified atom stereocenters. The summed E-state index contributed by atoms with van der Waals surface area (Å²) >= 11 is 1.75. The highest BCUT2D eigenvalue weighted by molar-refractivity contribution is 7.13. The Balaban J connectivity index is 1.27. The van der Waals surface area contributed by atoms with Crippen LogP contribution in [0, 0.1) is 12.8 Å². The van der Waals surface area contributed by atoms with E-state index >= 15 is 0 Å². The van der Waals surface area contributed by atoms with E-state index < -0.39 is 0 Å². The van der Waals surface area contributed by atoms with Crippen molar-refractivity contribution < 1.29 is 4.42 Å². The maximum atomic E-state index is 5.42. The van der Waals surface area contributed by atoms with Crippen molar-refractivity contribution in [1.29, 1.82) is 0 Å². The molecule has 6 heterocycles. The Hall–Kier alpha value is -2.02. The van der Waals surface area contributed by atoms with E-state index in [1.165, 1.54) is 30.0 Å². The summed E-state index contributed by atoms with van der Waals surface area (Å²) < 4.78 is 5.42. The summed E-state index contributed by atoms with van der Waals surface area (Å²) in [6.07, 6.45) is 4.26. The Labute approximate surface area is 169 Å². The molecule has 3 fully saturated rings. The molecule has 0 aromatic carbocycles. The van der Waals surface area contributed by atoms with Crippen molar-refractivity contribution in [3.63, 3.8) is 0 Å². The van der Waals surface area contributed by atoms with Crippen molar-refractivity contribution in [2.24, 2.45) is 5.92 Å². The smallest absolute Gasteiger partial charge is 0.126 e. The minimum atomic E-state index is 0.524. The molecule has 0 radical (unpaired) electrons. The maximum absolute atomic E-state index is 5.42. The van der Waals surface area contributed by atoms with Gasteiger partial charge in [0.25, 0.3) is 0 Å². The molecule has 6 rings (SSSR count). The molecule has 0 saturated carbocycles. The van der Waals surface area contributed by atoms with Crippen LogP contribution in [0.4, 0.5) is 0 Å². The first kappa shape index (κ1) is 18.0. The molecule has 5 nitrogen and oxygen atoms in total. The van der Waals surface area contributed by atoms with Crippen molar-refractivity contribution >= 4 is 11.3 Å². The van der Waals surface area contributed by atoms with E-state index in [4.69, 9.17) is 9.40 Å². The molecule has 2 bridgehead atoms.